The summed E-state index contributed by atoms with van der Waals surface area (Å²) in [6.45, 7) is 10.9. The number of piperazine rings is 1. The first-order chi connectivity index (χ1) is 12.8. The Morgan fingerprint density at radius 3 is 2.30 bits per heavy atom. The Hall–Kier alpha value is -2.31. The van der Waals surface area contributed by atoms with Crippen molar-refractivity contribution in [3.63, 3.8) is 0 Å². The Kier molecular flexibility index (Phi) is 4.48. The fourth-order valence-corrected chi connectivity index (χ4v) is 3.37. The van der Waals surface area contributed by atoms with Crippen molar-refractivity contribution in [2.24, 2.45) is 0 Å². The SMILES string of the molecule is Cc1nc(C(C)(C)C)nc(N2CCN(c3cc(C4CC4)ncn3)CC2)c1F. The van der Waals surface area contributed by atoms with Gasteiger partial charge in [0.05, 0.1) is 5.69 Å². The van der Waals surface area contributed by atoms with Crippen LogP contribution >= 0.6 is 0 Å². The molecule has 2 aromatic heterocycles. The largest absolute Gasteiger partial charge is 0.353 e. The molecule has 144 valence electrons. The van der Waals surface area contributed by atoms with Crippen LogP contribution in [0.3, 0.4) is 0 Å². The van der Waals surface area contributed by atoms with Crippen LogP contribution in [-0.2, 0) is 5.41 Å². The predicted molar refractivity (Wildman–Crippen MR) is 104 cm³/mol. The van der Waals surface area contributed by atoms with Gasteiger partial charge in [0, 0.05) is 49.3 Å². The summed E-state index contributed by atoms with van der Waals surface area (Å²) in [7, 11) is 0. The smallest absolute Gasteiger partial charge is 0.186 e. The van der Waals surface area contributed by atoms with Crippen LogP contribution in [0, 0.1) is 12.7 Å². The van der Waals surface area contributed by atoms with E-state index in [4.69, 9.17) is 0 Å². The van der Waals surface area contributed by atoms with Gasteiger partial charge in [-0.15, -0.1) is 0 Å². The van der Waals surface area contributed by atoms with Crippen LogP contribution in [0.1, 0.15) is 56.7 Å². The molecule has 1 aliphatic carbocycles. The zero-order valence-electron chi connectivity index (χ0n) is 16.5. The average Bonchev–Trinajstić information content (AvgIpc) is 3.48. The molecule has 1 aliphatic heterocycles. The molecule has 0 unspecified atom stereocenters. The van der Waals surface area contributed by atoms with Gasteiger partial charge in [0.15, 0.2) is 11.6 Å². The Labute approximate surface area is 159 Å². The second kappa shape index (κ2) is 6.69. The molecule has 1 saturated heterocycles. The molecule has 7 heteroatoms. The summed E-state index contributed by atoms with van der Waals surface area (Å²) in [5.41, 5.74) is 1.35. The normalized spacial score (nSPS) is 18.1. The first kappa shape index (κ1) is 18.1. The van der Waals surface area contributed by atoms with Gasteiger partial charge in [-0.25, -0.2) is 24.3 Å². The van der Waals surface area contributed by atoms with Gasteiger partial charge in [0.25, 0.3) is 0 Å². The molecule has 2 fully saturated rings. The van der Waals surface area contributed by atoms with Crippen molar-refractivity contribution in [1.82, 2.24) is 19.9 Å². The van der Waals surface area contributed by atoms with Crippen LogP contribution in [0.4, 0.5) is 16.0 Å². The summed E-state index contributed by atoms with van der Waals surface area (Å²) >= 11 is 0. The summed E-state index contributed by atoms with van der Waals surface area (Å²) in [5.74, 6) is 2.38. The van der Waals surface area contributed by atoms with Crippen molar-refractivity contribution in [3.05, 3.63) is 35.4 Å². The van der Waals surface area contributed by atoms with Crippen LogP contribution < -0.4 is 9.80 Å². The molecule has 0 spiro atoms. The summed E-state index contributed by atoms with van der Waals surface area (Å²) < 4.78 is 14.7. The van der Waals surface area contributed by atoms with Crippen LogP contribution in [0.2, 0.25) is 0 Å². The highest BCUT2D eigenvalue weighted by Gasteiger charge is 2.28. The molecule has 1 saturated carbocycles. The van der Waals surface area contributed by atoms with Gasteiger partial charge in [-0.2, -0.15) is 0 Å². The highest BCUT2D eigenvalue weighted by molar-refractivity contribution is 5.47. The number of anilines is 2. The molecular weight excluding hydrogens is 343 g/mol. The minimum absolute atomic E-state index is 0.213. The average molecular weight is 370 g/mol. The van der Waals surface area contributed by atoms with E-state index in [1.807, 2.05) is 25.7 Å². The molecule has 0 N–H and O–H groups in total. The highest BCUT2D eigenvalue weighted by atomic mass is 19.1. The number of aryl methyl sites for hydroxylation is 1. The van der Waals surface area contributed by atoms with E-state index in [1.165, 1.54) is 12.8 Å². The quantitative estimate of drug-likeness (QED) is 0.827. The van der Waals surface area contributed by atoms with E-state index >= 15 is 0 Å². The molecule has 6 nitrogen and oxygen atoms in total. The van der Waals surface area contributed by atoms with E-state index in [2.05, 4.69) is 30.9 Å². The first-order valence-corrected chi connectivity index (χ1v) is 9.69. The third-order valence-corrected chi connectivity index (χ3v) is 5.24. The van der Waals surface area contributed by atoms with Gasteiger partial charge in [-0.05, 0) is 19.8 Å². The van der Waals surface area contributed by atoms with Crippen molar-refractivity contribution in [2.75, 3.05) is 36.0 Å². The van der Waals surface area contributed by atoms with Crippen LogP contribution in [0.5, 0.6) is 0 Å². The number of halogens is 1. The summed E-state index contributed by atoms with van der Waals surface area (Å²) in [4.78, 5) is 22.0. The molecule has 4 rings (SSSR count). The topological polar surface area (TPSA) is 58.0 Å². The monoisotopic (exact) mass is 370 g/mol. The van der Waals surface area contributed by atoms with Gasteiger partial charge in [0.1, 0.15) is 18.0 Å². The van der Waals surface area contributed by atoms with E-state index in [1.54, 1.807) is 13.3 Å². The van der Waals surface area contributed by atoms with Crippen molar-refractivity contribution in [3.8, 4) is 0 Å². The lowest BCUT2D eigenvalue weighted by atomic mass is 9.95. The van der Waals surface area contributed by atoms with E-state index in [0.717, 1.165) is 24.6 Å². The van der Waals surface area contributed by atoms with Gasteiger partial charge < -0.3 is 9.80 Å². The molecule has 0 atom stereocenters. The molecule has 0 radical (unpaired) electrons. The summed E-state index contributed by atoms with van der Waals surface area (Å²) in [6.07, 6.45) is 4.12. The van der Waals surface area contributed by atoms with Gasteiger partial charge >= 0.3 is 0 Å². The van der Waals surface area contributed by atoms with Crippen molar-refractivity contribution in [1.29, 1.82) is 0 Å². The lowest BCUT2D eigenvalue weighted by molar-refractivity contribution is 0.516. The lowest BCUT2D eigenvalue weighted by Gasteiger charge is -2.36. The number of nitrogens with zero attached hydrogens (tertiary/aromatic N) is 6. The Bertz CT molecular complexity index is 835. The first-order valence-electron chi connectivity index (χ1n) is 9.69. The number of hydrogen-bond donors (Lipinski definition) is 0. The van der Waals surface area contributed by atoms with Gasteiger partial charge in [-0.1, -0.05) is 20.8 Å². The van der Waals surface area contributed by atoms with Crippen LogP contribution in [0.15, 0.2) is 12.4 Å². The fourth-order valence-electron chi connectivity index (χ4n) is 3.37. The minimum Gasteiger partial charge on any atom is -0.353 e. The minimum atomic E-state index is -0.311. The van der Waals surface area contributed by atoms with Gasteiger partial charge in [-0.3, -0.25) is 0 Å². The van der Waals surface area contributed by atoms with Crippen molar-refractivity contribution in [2.45, 2.75) is 51.9 Å². The standard InChI is InChI=1S/C20H27FN6/c1-13-17(21)18(25-19(24-13)20(2,3)4)27-9-7-26(8-10-27)16-11-15(14-5-6-14)22-12-23-16/h11-12,14H,5-10H2,1-4H3. The molecule has 0 amide bonds. The maximum atomic E-state index is 14.7. The van der Waals surface area contributed by atoms with E-state index in [0.29, 0.717) is 36.3 Å². The van der Waals surface area contributed by atoms with Gasteiger partial charge in [0.2, 0.25) is 0 Å². The molecule has 3 heterocycles. The molecular formula is C20H27FN6. The lowest BCUT2D eigenvalue weighted by Crippen LogP contribution is -2.47. The molecule has 2 aromatic rings. The van der Waals surface area contributed by atoms with Crippen LogP contribution in [0.25, 0.3) is 0 Å². The maximum Gasteiger partial charge on any atom is 0.186 e. The molecule has 0 aromatic carbocycles. The van der Waals surface area contributed by atoms with E-state index < -0.39 is 0 Å². The Balaban J connectivity index is 1.51. The number of hydrogen-bond acceptors (Lipinski definition) is 6. The summed E-state index contributed by atoms with van der Waals surface area (Å²) in [5, 5.41) is 0. The summed E-state index contributed by atoms with van der Waals surface area (Å²) in [6, 6.07) is 2.11. The third kappa shape index (κ3) is 3.73. The number of aromatic nitrogens is 4. The van der Waals surface area contributed by atoms with Crippen molar-refractivity contribution < 1.29 is 4.39 Å². The second-order valence-corrected chi connectivity index (χ2v) is 8.57. The van der Waals surface area contributed by atoms with E-state index in [-0.39, 0.29) is 11.2 Å². The maximum absolute atomic E-state index is 14.7. The van der Waals surface area contributed by atoms with E-state index in [9.17, 15) is 4.39 Å². The Morgan fingerprint density at radius 1 is 1.00 bits per heavy atom. The van der Waals surface area contributed by atoms with Crippen molar-refractivity contribution >= 4 is 11.6 Å². The Morgan fingerprint density at radius 2 is 1.67 bits per heavy atom. The molecule has 0 bridgehead atoms. The van der Waals surface area contributed by atoms with Crippen LogP contribution in [-0.4, -0.2) is 46.1 Å². The second-order valence-electron chi connectivity index (χ2n) is 8.57. The zero-order valence-corrected chi connectivity index (χ0v) is 16.5. The molecule has 27 heavy (non-hydrogen) atoms. The fraction of sp³-hybridized carbons (Fsp3) is 0.600. The zero-order chi connectivity index (χ0) is 19.2. The number of rotatable bonds is 3. The predicted octanol–water partition coefficient (Wildman–Crippen LogP) is 3.22. The third-order valence-electron chi connectivity index (χ3n) is 5.24. The molecule has 2 aliphatic rings. The highest BCUT2D eigenvalue weighted by Crippen LogP contribution is 2.39.